The summed E-state index contributed by atoms with van der Waals surface area (Å²) in [6, 6.07) is 8.62. The van der Waals surface area contributed by atoms with E-state index < -0.39 is 0 Å². The van der Waals surface area contributed by atoms with Gasteiger partial charge in [-0.15, -0.1) is 0 Å². The Morgan fingerprint density at radius 3 is 2.70 bits per heavy atom. The van der Waals surface area contributed by atoms with E-state index in [1.54, 1.807) is 6.20 Å². The highest BCUT2D eigenvalue weighted by Crippen LogP contribution is 2.35. The fourth-order valence-corrected chi connectivity index (χ4v) is 4.88. The minimum absolute atomic E-state index is 0.0860. The number of ether oxygens (including phenoxy) is 1. The van der Waals surface area contributed by atoms with Gasteiger partial charge in [0.05, 0.1) is 35.3 Å². The van der Waals surface area contributed by atoms with Gasteiger partial charge in [0.1, 0.15) is 0 Å². The largest absolute Gasteiger partial charge is 0.478 e. The minimum Gasteiger partial charge on any atom is -0.478 e. The highest BCUT2D eigenvalue weighted by Gasteiger charge is 2.22. The molecule has 154 valence electrons. The Balaban J connectivity index is 1.70. The predicted octanol–water partition coefficient (Wildman–Crippen LogP) is 5.07. The lowest BCUT2D eigenvalue weighted by atomic mass is 9.98. The van der Waals surface area contributed by atoms with Crippen LogP contribution in [-0.2, 0) is 0 Å². The first kappa shape index (κ1) is 18.9. The Labute approximate surface area is 174 Å². The maximum atomic E-state index is 12.8. The molecule has 1 saturated carbocycles. The van der Waals surface area contributed by atoms with E-state index >= 15 is 0 Å². The van der Waals surface area contributed by atoms with Gasteiger partial charge >= 0.3 is 0 Å². The van der Waals surface area contributed by atoms with Crippen LogP contribution in [0.2, 0.25) is 0 Å². The third-order valence-electron chi connectivity index (χ3n) is 6.19. The van der Waals surface area contributed by atoms with Crippen LogP contribution in [-0.4, -0.2) is 26.4 Å². The molecule has 0 amide bonds. The average Bonchev–Trinajstić information content (AvgIpc) is 3.38. The van der Waals surface area contributed by atoms with Crippen LogP contribution < -0.4 is 10.3 Å². The van der Waals surface area contributed by atoms with E-state index in [4.69, 9.17) is 4.74 Å². The fraction of sp³-hybridized carbons (Fsp3) is 0.375. The number of nitrogens with zero attached hydrogens (tertiary/aromatic N) is 3. The van der Waals surface area contributed by atoms with E-state index in [-0.39, 0.29) is 5.56 Å². The number of H-pyrrole nitrogens is 1. The number of fused-ring (bicyclic) bond motifs is 3. The van der Waals surface area contributed by atoms with Crippen molar-refractivity contribution in [2.45, 2.75) is 52.5 Å². The van der Waals surface area contributed by atoms with Gasteiger partial charge in [0.15, 0.2) is 0 Å². The third-order valence-corrected chi connectivity index (χ3v) is 6.19. The molecule has 3 aromatic heterocycles. The molecule has 1 aliphatic rings. The molecule has 0 aliphatic heterocycles. The van der Waals surface area contributed by atoms with E-state index in [1.165, 1.54) is 12.8 Å². The molecule has 0 atom stereocenters. The second kappa shape index (κ2) is 7.27. The Morgan fingerprint density at radius 1 is 1.17 bits per heavy atom. The van der Waals surface area contributed by atoms with Crippen LogP contribution in [0.25, 0.3) is 32.9 Å². The van der Waals surface area contributed by atoms with E-state index in [0.29, 0.717) is 23.9 Å². The Hall–Kier alpha value is -3.15. The maximum Gasteiger partial charge on any atom is 0.259 e. The Bertz CT molecular complexity index is 1290. The number of hydrogen-bond donors (Lipinski definition) is 1. The smallest absolute Gasteiger partial charge is 0.259 e. The van der Waals surface area contributed by atoms with Gasteiger partial charge < -0.3 is 9.72 Å². The molecule has 1 aromatic carbocycles. The van der Waals surface area contributed by atoms with Crippen LogP contribution in [0.15, 0.2) is 35.3 Å². The summed E-state index contributed by atoms with van der Waals surface area (Å²) in [6.07, 6.45) is 6.41. The molecule has 4 aromatic rings. The van der Waals surface area contributed by atoms with Crippen molar-refractivity contribution >= 4 is 21.8 Å². The summed E-state index contributed by atoms with van der Waals surface area (Å²) < 4.78 is 7.66. The normalized spacial score (nSPS) is 14.8. The van der Waals surface area contributed by atoms with Crippen LogP contribution in [0.5, 0.6) is 5.88 Å². The lowest BCUT2D eigenvalue weighted by Gasteiger charge is -2.15. The van der Waals surface area contributed by atoms with Crippen molar-refractivity contribution in [2.75, 3.05) is 6.61 Å². The van der Waals surface area contributed by atoms with E-state index in [0.717, 1.165) is 51.6 Å². The number of rotatable bonds is 4. The zero-order valence-electron chi connectivity index (χ0n) is 17.7. The van der Waals surface area contributed by atoms with Crippen molar-refractivity contribution in [3.05, 3.63) is 52.1 Å². The second-order valence-electron chi connectivity index (χ2n) is 8.18. The van der Waals surface area contributed by atoms with E-state index in [1.807, 2.05) is 19.9 Å². The molecule has 0 radical (unpaired) electrons. The quantitative estimate of drug-likeness (QED) is 0.517. The number of aromatic amines is 1. The molecule has 1 aliphatic carbocycles. The topological polar surface area (TPSA) is 72.8 Å². The molecule has 30 heavy (non-hydrogen) atoms. The summed E-state index contributed by atoms with van der Waals surface area (Å²) in [5.41, 5.74) is 5.82. The molecule has 0 saturated heterocycles. The van der Waals surface area contributed by atoms with Gasteiger partial charge in [-0.3, -0.25) is 9.48 Å². The highest BCUT2D eigenvalue weighted by atomic mass is 16.5. The number of pyridine rings is 2. The number of nitrogens with one attached hydrogen (secondary N) is 1. The minimum atomic E-state index is -0.0860. The van der Waals surface area contributed by atoms with Crippen LogP contribution in [0.3, 0.4) is 0 Å². The zero-order chi connectivity index (χ0) is 20.8. The summed E-state index contributed by atoms with van der Waals surface area (Å²) in [6.45, 7) is 6.61. The van der Waals surface area contributed by atoms with Gasteiger partial charge in [-0.1, -0.05) is 25.0 Å². The van der Waals surface area contributed by atoms with E-state index in [2.05, 4.69) is 44.9 Å². The first-order chi connectivity index (χ1) is 14.6. The van der Waals surface area contributed by atoms with Crippen LogP contribution >= 0.6 is 0 Å². The molecule has 6 nitrogen and oxygen atoms in total. The lowest BCUT2D eigenvalue weighted by molar-refractivity contribution is 0.326. The average molecular weight is 402 g/mol. The fourth-order valence-electron chi connectivity index (χ4n) is 4.88. The standard InChI is InChI=1S/C24H26N4O2/c1-4-30-21-11-14(2)22(15(3)26-21)16-9-10-18-20(12-16)27-24(29)19-13-25-28(23(18)19)17-7-5-6-8-17/h9-13,17H,4-8H2,1-3H3,(H,27,29). The van der Waals surface area contributed by atoms with Gasteiger partial charge in [-0.25, -0.2) is 4.98 Å². The van der Waals surface area contributed by atoms with E-state index in [9.17, 15) is 4.79 Å². The summed E-state index contributed by atoms with van der Waals surface area (Å²) in [5.74, 6) is 0.646. The molecule has 5 rings (SSSR count). The lowest BCUT2D eigenvalue weighted by Crippen LogP contribution is -2.10. The molecular formula is C24H26N4O2. The van der Waals surface area contributed by atoms with Crippen LogP contribution in [0.1, 0.15) is 49.9 Å². The van der Waals surface area contributed by atoms with Gasteiger partial charge in [0, 0.05) is 22.7 Å². The van der Waals surface area contributed by atoms with Crippen molar-refractivity contribution in [3.63, 3.8) is 0 Å². The van der Waals surface area contributed by atoms with Crippen molar-refractivity contribution in [1.29, 1.82) is 0 Å². The van der Waals surface area contributed by atoms with Crippen molar-refractivity contribution < 1.29 is 4.74 Å². The van der Waals surface area contributed by atoms with Crippen LogP contribution in [0, 0.1) is 13.8 Å². The molecule has 0 unspecified atom stereocenters. The van der Waals surface area contributed by atoms with Crippen molar-refractivity contribution in [3.8, 4) is 17.0 Å². The monoisotopic (exact) mass is 402 g/mol. The summed E-state index contributed by atoms with van der Waals surface area (Å²) in [4.78, 5) is 20.4. The third kappa shape index (κ3) is 2.98. The molecule has 1 N–H and O–H groups in total. The Morgan fingerprint density at radius 2 is 1.97 bits per heavy atom. The molecule has 0 spiro atoms. The molecule has 1 fully saturated rings. The highest BCUT2D eigenvalue weighted by molar-refractivity contribution is 6.04. The summed E-state index contributed by atoms with van der Waals surface area (Å²) >= 11 is 0. The molecule has 6 heteroatoms. The predicted molar refractivity (Wildman–Crippen MR) is 119 cm³/mol. The van der Waals surface area contributed by atoms with Crippen molar-refractivity contribution in [1.82, 2.24) is 19.7 Å². The van der Waals surface area contributed by atoms with Gasteiger partial charge in [-0.2, -0.15) is 5.10 Å². The first-order valence-corrected chi connectivity index (χ1v) is 10.7. The number of aromatic nitrogens is 4. The van der Waals surface area contributed by atoms with Crippen molar-refractivity contribution in [2.24, 2.45) is 0 Å². The molecule has 0 bridgehead atoms. The summed E-state index contributed by atoms with van der Waals surface area (Å²) in [5, 5.41) is 6.30. The second-order valence-corrected chi connectivity index (χ2v) is 8.18. The van der Waals surface area contributed by atoms with Gasteiger partial charge in [0.25, 0.3) is 5.56 Å². The number of benzene rings is 1. The zero-order valence-corrected chi connectivity index (χ0v) is 17.7. The number of hydrogen-bond acceptors (Lipinski definition) is 4. The van der Waals surface area contributed by atoms with Crippen LogP contribution in [0.4, 0.5) is 0 Å². The first-order valence-electron chi connectivity index (χ1n) is 10.7. The molecular weight excluding hydrogens is 376 g/mol. The van der Waals surface area contributed by atoms with Gasteiger partial charge in [-0.05, 0) is 50.8 Å². The van der Waals surface area contributed by atoms with Gasteiger partial charge in [0.2, 0.25) is 5.88 Å². The Kier molecular flexibility index (Phi) is 4.57. The SMILES string of the molecule is CCOc1cc(C)c(-c2ccc3c(c2)[nH]c(=O)c2cnn(C4CCCC4)c23)c(C)n1. The maximum absolute atomic E-state index is 12.8. The summed E-state index contributed by atoms with van der Waals surface area (Å²) in [7, 11) is 0. The number of aryl methyl sites for hydroxylation is 2. The molecule has 3 heterocycles.